The van der Waals surface area contributed by atoms with Gasteiger partial charge in [0.05, 0.1) is 17.4 Å². The van der Waals surface area contributed by atoms with E-state index in [0.29, 0.717) is 0 Å². The summed E-state index contributed by atoms with van der Waals surface area (Å²) in [6.07, 6.45) is 2.24. The second kappa shape index (κ2) is 5.93. The summed E-state index contributed by atoms with van der Waals surface area (Å²) in [6.45, 7) is 6.08. The molecule has 0 aliphatic rings. The second-order valence-corrected chi connectivity index (χ2v) is 5.00. The number of benzene rings is 1. The van der Waals surface area contributed by atoms with Crippen LogP contribution in [0.3, 0.4) is 0 Å². The molecule has 0 fully saturated rings. The summed E-state index contributed by atoms with van der Waals surface area (Å²) < 4.78 is 0. The van der Waals surface area contributed by atoms with Crippen molar-refractivity contribution in [2.75, 3.05) is 0 Å². The Morgan fingerprint density at radius 3 is 2.68 bits per heavy atom. The van der Waals surface area contributed by atoms with Crippen molar-refractivity contribution in [1.82, 2.24) is 10.2 Å². The molecule has 0 bridgehead atoms. The third-order valence-electron chi connectivity index (χ3n) is 3.32. The van der Waals surface area contributed by atoms with Crippen LogP contribution in [0.2, 0.25) is 0 Å². The Balaban J connectivity index is 2.35. The minimum atomic E-state index is -0.133. The Hall–Kier alpha value is -1.74. The Morgan fingerprint density at radius 2 is 1.95 bits per heavy atom. The molecule has 2 aromatic rings. The Bertz CT molecular complexity index is 564. The molecule has 0 amide bonds. The molecule has 2 rings (SSSR count). The van der Waals surface area contributed by atoms with Crippen molar-refractivity contribution < 1.29 is 0 Å². The SMILES string of the molecule is CCCc1cccc(C(N)c2cc(C)nnc2C)c1. The van der Waals surface area contributed by atoms with Gasteiger partial charge < -0.3 is 5.73 Å². The van der Waals surface area contributed by atoms with E-state index < -0.39 is 0 Å². The second-order valence-electron chi connectivity index (χ2n) is 5.00. The van der Waals surface area contributed by atoms with Crippen LogP contribution in [0.5, 0.6) is 0 Å². The molecule has 3 heteroatoms. The van der Waals surface area contributed by atoms with E-state index in [2.05, 4.69) is 41.4 Å². The highest BCUT2D eigenvalue weighted by Gasteiger charge is 2.13. The van der Waals surface area contributed by atoms with Gasteiger partial charge in [0.15, 0.2) is 0 Å². The molecule has 2 N–H and O–H groups in total. The van der Waals surface area contributed by atoms with Gasteiger partial charge >= 0.3 is 0 Å². The largest absolute Gasteiger partial charge is 0.320 e. The molecule has 0 aliphatic carbocycles. The lowest BCUT2D eigenvalue weighted by atomic mass is 9.96. The zero-order valence-corrected chi connectivity index (χ0v) is 11.9. The summed E-state index contributed by atoms with van der Waals surface area (Å²) in [7, 11) is 0. The van der Waals surface area contributed by atoms with Gasteiger partial charge in [0.25, 0.3) is 0 Å². The van der Waals surface area contributed by atoms with E-state index in [1.165, 1.54) is 5.56 Å². The number of aryl methyl sites for hydroxylation is 3. The predicted molar refractivity (Wildman–Crippen MR) is 78.0 cm³/mol. The molecule has 0 aliphatic heterocycles. The molecule has 0 saturated heterocycles. The van der Waals surface area contributed by atoms with E-state index in [9.17, 15) is 0 Å². The Labute approximate surface area is 114 Å². The first-order chi connectivity index (χ1) is 9.11. The van der Waals surface area contributed by atoms with Crippen molar-refractivity contribution in [3.05, 3.63) is 58.4 Å². The van der Waals surface area contributed by atoms with Gasteiger partial charge in [0.1, 0.15) is 0 Å². The lowest BCUT2D eigenvalue weighted by Gasteiger charge is -2.15. The molecular formula is C16H21N3. The first-order valence-corrected chi connectivity index (χ1v) is 6.77. The molecule has 0 saturated carbocycles. The van der Waals surface area contributed by atoms with Crippen LogP contribution in [0.15, 0.2) is 30.3 Å². The molecule has 1 atom stereocenters. The van der Waals surface area contributed by atoms with Crippen LogP contribution in [-0.4, -0.2) is 10.2 Å². The molecule has 100 valence electrons. The van der Waals surface area contributed by atoms with Gasteiger partial charge in [-0.3, -0.25) is 0 Å². The fourth-order valence-corrected chi connectivity index (χ4v) is 2.30. The highest BCUT2D eigenvalue weighted by atomic mass is 15.1. The highest BCUT2D eigenvalue weighted by Crippen LogP contribution is 2.23. The van der Waals surface area contributed by atoms with Crippen LogP contribution in [0, 0.1) is 13.8 Å². The van der Waals surface area contributed by atoms with Crippen LogP contribution in [0.4, 0.5) is 0 Å². The van der Waals surface area contributed by atoms with E-state index in [-0.39, 0.29) is 6.04 Å². The quantitative estimate of drug-likeness (QED) is 0.913. The Morgan fingerprint density at radius 1 is 1.16 bits per heavy atom. The van der Waals surface area contributed by atoms with Crippen molar-refractivity contribution in [3.8, 4) is 0 Å². The molecule has 19 heavy (non-hydrogen) atoms. The number of nitrogens with two attached hydrogens (primary N) is 1. The van der Waals surface area contributed by atoms with Crippen LogP contribution in [0.1, 0.15) is 47.5 Å². The zero-order valence-electron chi connectivity index (χ0n) is 11.9. The fourth-order valence-electron chi connectivity index (χ4n) is 2.30. The molecular weight excluding hydrogens is 234 g/mol. The van der Waals surface area contributed by atoms with Crippen LogP contribution in [-0.2, 0) is 6.42 Å². The van der Waals surface area contributed by atoms with Gasteiger partial charge in [0.2, 0.25) is 0 Å². The monoisotopic (exact) mass is 255 g/mol. The van der Waals surface area contributed by atoms with E-state index in [4.69, 9.17) is 5.73 Å². The van der Waals surface area contributed by atoms with Gasteiger partial charge in [0, 0.05) is 0 Å². The van der Waals surface area contributed by atoms with E-state index in [1.54, 1.807) is 0 Å². The maximum Gasteiger partial charge on any atom is 0.0651 e. The third-order valence-corrected chi connectivity index (χ3v) is 3.32. The summed E-state index contributed by atoms with van der Waals surface area (Å²) >= 11 is 0. The maximum atomic E-state index is 6.38. The van der Waals surface area contributed by atoms with Gasteiger partial charge in [-0.2, -0.15) is 10.2 Å². The molecule has 3 nitrogen and oxygen atoms in total. The lowest BCUT2D eigenvalue weighted by molar-refractivity contribution is 0.809. The topological polar surface area (TPSA) is 51.8 Å². The van der Waals surface area contributed by atoms with Gasteiger partial charge in [-0.05, 0) is 43.0 Å². The smallest absolute Gasteiger partial charge is 0.0651 e. The van der Waals surface area contributed by atoms with Crippen LogP contribution in [0.25, 0.3) is 0 Å². The van der Waals surface area contributed by atoms with Crippen LogP contribution >= 0.6 is 0 Å². The van der Waals surface area contributed by atoms with Crippen molar-refractivity contribution in [3.63, 3.8) is 0 Å². The molecule has 0 spiro atoms. The normalized spacial score (nSPS) is 12.4. The van der Waals surface area contributed by atoms with E-state index in [1.807, 2.05) is 19.9 Å². The van der Waals surface area contributed by atoms with Gasteiger partial charge in [-0.1, -0.05) is 37.6 Å². The van der Waals surface area contributed by atoms with Gasteiger partial charge in [-0.15, -0.1) is 0 Å². The third kappa shape index (κ3) is 3.18. The summed E-state index contributed by atoms with van der Waals surface area (Å²) in [6, 6.07) is 10.4. The van der Waals surface area contributed by atoms with Crippen molar-refractivity contribution in [2.24, 2.45) is 5.73 Å². The van der Waals surface area contributed by atoms with Crippen molar-refractivity contribution in [2.45, 2.75) is 39.7 Å². The van der Waals surface area contributed by atoms with E-state index in [0.717, 1.165) is 35.4 Å². The summed E-state index contributed by atoms with van der Waals surface area (Å²) in [4.78, 5) is 0. The number of hydrogen-bond acceptors (Lipinski definition) is 3. The molecule has 1 unspecified atom stereocenters. The summed E-state index contributed by atoms with van der Waals surface area (Å²) in [5.41, 5.74) is 11.7. The highest BCUT2D eigenvalue weighted by molar-refractivity contribution is 5.35. The molecule has 1 heterocycles. The lowest BCUT2D eigenvalue weighted by Crippen LogP contribution is -2.15. The Kier molecular flexibility index (Phi) is 4.27. The first-order valence-electron chi connectivity index (χ1n) is 6.77. The molecule has 1 aromatic heterocycles. The van der Waals surface area contributed by atoms with E-state index >= 15 is 0 Å². The number of hydrogen-bond donors (Lipinski definition) is 1. The summed E-state index contributed by atoms with van der Waals surface area (Å²) in [5, 5.41) is 8.21. The average Bonchev–Trinajstić information content (AvgIpc) is 2.41. The van der Waals surface area contributed by atoms with Crippen molar-refractivity contribution >= 4 is 0 Å². The molecule has 0 radical (unpaired) electrons. The maximum absolute atomic E-state index is 6.38. The predicted octanol–water partition coefficient (Wildman–Crippen LogP) is 3.09. The molecule has 1 aromatic carbocycles. The standard InChI is InChI=1S/C16H21N3/c1-4-6-13-7-5-8-14(10-13)16(17)15-9-11(2)18-19-12(15)3/h5,7-10,16H,4,6,17H2,1-3H3. The minimum Gasteiger partial charge on any atom is -0.320 e. The number of aromatic nitrogens is 2. The average molecular weight is 255 g/mol. The van der Waals surface area contributed by atoms with Gasteiger partial charge in [-0.25, -0.2) is 0 Å². The zero-order chi connectivity index (χ0) is 13.8. The fraction of sp³-hybridized carbons (Fsp3) is 0.375. The minimum absolute atomic E-state index is 0.133. The van der Waals surface area contributed by atoms with Crippen molar-refractivity contribution in [1.29, 1.82) is 0 Å². The first kappa shape index (κ1) is 13.7. The summed E-state index contributed by atoms with van der Waals surface area (Å²) in [5.74, 6) is 0. The van der Waals surface area contributed by atoms with Crippen LogP contribution < -0.4 is 5.73 Å². The number of rotatable bonds is 4. The number of nitrogens with zero attached hydrogens (tertiary/aromatic N) is 2.